The van der Waals surface area contributed by atoms with Crippen LogP contribution in [0.15, 0.2) is 42.5 Å². The second-order valence-corrected chi connectivity index (χ2v) is 8.60. The van der Waals surface area contributed by atoms with Crippen molar-refractivity contribution in [1.82, 2.24) is 20.4 Å². The van der Waals surface area contributed by atoms with Gasteiger partial charge in [-0.25, -0.2) is 9.18 Å². The van der Waals surface area contributed by atoms with Gasteiger partial charge in [-0.2, -0.15) is 0 Å². The molecule has 31 heavy (non-hydrogen) atoms. The van der Waals surface area contributed by atoms with Crippen LogP contribution in [0.2, 0.25) is 0 Å². The predicted octanol–water partition coefficient (Wildman–Crippen LogP) is 2.61. The van der Waals surface area contributed by atoms with E-state index in [1.807, 2.05) is 0 Å². The molecule has 166 valence electrons. The van der Waals surface area contributed by atoms with Crippen molar-refractivity contribution < 1.29 is 9.18 Å². The number of urea groups is 1. The first-order valence-electron chi connectivity index (χ1n) is 11.0. The van der Waals surface area contributed by atoms with Crippen molar-refractivity contribution in [1.29, 1.82) is 0 Å². The first-order chi connectivity index (χ1) is 15.0. The van der Waals surface area contributed by atoms with Crippen LogP contribution in [0.3, 0.4) is 0 Å². The van der Waals surface area contributed by atoms with Crippen LogP contribution < -0.4 is 15.5 Å². The Morgan fingerprint density at radius 3 is 2.48 bits per heavy atom. The fourth-order valence-corrected chi connectivity index (χ4v) is 4.42. The van der Waals surface area contributed by atoms with E-state index in [0.29, 0.717) is 13.1 Å². The zero-order valence-electron chi connectivity index (χ0n) is 18.4. The van der Waals surface area contributed by atoms with E-state index in [-0.39, 0.29) is 17.9 Å². The number of nitrogens with zero attached hydrogens (tertiary/aromatic N) is 3. The minimum absolute atomic E-state index is 0.140. The van der Waals surface area contributed by atoms with Crippen molar-refractivity contribution in [3.8, 4) is 0 Å². The van der Waals surface area contributed by atoms with E-state index in [4.69, 9.17) is 0 Å². The van der Waals surface area contributed by atoms with E-state index < -0.39 is 0 Å². The Hall–Kier alpha value is -2.64. The molecule has 2 amide bonds. The van der Waals surface area contributed by atoms with Crippen LogP contribution in [0.4, 0.5) is 14.9 Å². The number of likely N-dealkylation sites (N-methyl/N-ethyl adjacent to an activating group) is 2. The highest BCUT2D eigenvalue weighted by Crippen LogP contribution is 2.31. The summed E-state index contributed by atoms with van der Waals surface area (Å²) in [6.07, 6.45) is 1.07. The number of amides is 2. The van der Waals surface area contributed by atoms with Crippen molar-refractivity contribution in [3.63, 3.8) is 0 Å². The summed E-state index contributed by atoms with van der Waals surface area (Å²) in [6.45, 7) is 6.00. The van der Waals surface area contributed by atoms with E-state index in [1.165, 1.54) is 28.9 Å². The standard InChI is InChI=1S/C24H32FN5O/c1-28-11-13-30(14-12-28)23(19-5-8-22-20(15-19)9-10-29(22)2)17-27-24(31)26-16-18-3-6-21(25)7-4-18/h3-8,15,23H,9-14,16-17H2,1-2H3,(H2,26,27,31)/t23-/m1/s1. The third kappa shape index (κ3) is 5.35. The van der Waals surface area contributed by atoms with Crippen LogP contribution in [0.25, 0.3) is 0 Å². The number of piperazine rings is 1. The first kappa shape index (κ1) is 21.6. The molecule has 0 radical (unpaired) electrons. The third-order valence-corrected chi connectivity index (χ3v) is 6.42. The molecule has 0 aromatic heterocycles. The van der Waals surface area contributed by atoms with Gasteiger partial charge in [0.15, 0.2) is 0 Å². The van der Waals surface area contributed by atoms with Crippen LogP contribution >= 0.6 is 0 Å². The molecule has 2 aromatic rings. The number of hydrogen-bond acceptors (Lipinski definition) is 4. The highest BCUT2D eigenvalue weighted by molar-refractivity contribution is 5.73. The van der Waals surface area contributed by atoms with Gasteiger partial charge in [-0.15, -0.1) is 0 Å². The molecule has 1 fully saturated rings. The molecule has 6 nitrogen and oxygen atoms in total. The molecule has 7 heteroatoms. The Bertz CT molecular complexity index is 895. The van der Waals surface area contributed by atoms with Gasteiger partial charge in [0.1, 0.15) is 5.82 Å². The summed E-state index contributed by atoms with van der Waals surface area (Å²) in [4.78, 5) is 19.6. The molecular weight excluding hydrogens is 393 g/mol. The number of nitrogens with one attached hydrogen (secondary N) is 2. The predicted molar refractivity (Wildman–Crippen MR) is 122 cm³/mol. The number of carbonyl (C=O) groups excluding carboxylic acids is 1. The van der Waals surface area contributed by atoms with Gasteiger partial charge in [0.05, 0.1) is 6.04 Å². The van der Waals surface area contributed by atoms with E-state index in [1.54, 1.807) is 12.1 Å². The molecule has 0 spiro atoms. The summed E-state index contributed by atoms with van der Waals surface area (Å²) in [5, 5.41) is 5.93. The van der Waals surface area contributed by atoms with E-state index in [2.05, 4.69) is 57.6 Å². The maximum atomic E-state index is 13.1. The molecule has 0 unspecified atom stereocenters. The van der Waals surface area contributed by atoms with Crippen molar-refractivity contribution in [2.75, 3.05) is 58.3 Å². The van der Waals surface area contributed by atoms with Crippen molar-refractivity contribution in [2.45, 2.75) is 19.0 Å². The van der Waals surface area contributed by atoms with Gasteiger partial charge in [-0.1, -0.05) is 24.3 Å². The maximum Gasteiger partial charge on any atom is 0.315 e. The number of carbonyl (C=O) groups is 1. The minimum atomic E-state index is -0.274. The fraction of sp³-hybridized carbons (Fsp3) is 0.458. The van der Waals surface area contributed by atoms with Gasteiger partial charge in [-0.3, -0.25) is 4.90 Å². The van der Waals surface area contributed by atoms with Gasteiger partial charge in [0.2, 0.25) is 0 Å². The molecule has 2 aromatic carbocycles. The molecule has 2 heterocycles. The zero-order chi connectivity index (χ0) is 21.8. The third-order valence-electron chi connectivity index (χ3n) is 6.42. The summed E-state index contributed by atoms with van der Waals surface area (Å²) < 4.78 is 13.1. The molecule has 1 saturated heterocycles. The van der Waals surface area contributed by atoms with Crippen molar-refractivity contribution in [3.05, 3.63) is 65.0 Å². The molecule has 0 aliphatic carbocycles. The molecule has 2 aliphatic rings. The maximum absolute atomic E-state index is 13.1. The average Bonchev–Trinajstić information content (AvgIpc) is 3.15. The lowest BCUT2D eigenvalue weighted by Gasteiger charge is -2.38. The highest BCUT2D eigenvalue weighted by atomic mass is 19.1. The average molecular weight is 426 g/mol. The number of anilines is 1. The van der Waals surface area contributed by atoms with Crippen molar-refractivity contribution in [2.24, 2.45) is 0 Å². The van der Waals surface area contributed by atoms with Gasteiger partial charge in [0.25, 0.3) is 0 Å². The number of halogens is 1. The molecule has 0 bridgehead atoms. The SMILES string of the molecule is CN1CCN([C@H](CNC(=O)NCc2ccc(F)cc2)c2ccc3c(c2)CCN3C)CC1. The van der Waals surface area contributed by atoms with Crippen LogP contribution in [-0.2, 0) is 13.0 Å². The Morgan fingerprint density at radius 1 is 1.00 bits per heavy atom. The Kier molecular flexibility index (Phi) is 6.73. The monoisotopic (exact) mass is 425 g/mol. The summed E-state index contributed by atoms with van der Waals surface area (Å²) >= 11 is 0. The topological polar surface area (TPSA) is 50.9 Å². The van der Waals surface area contributed by atoms with Crippen LogP contribution in [0.5, 0.6) is 0 Å². The summed E-state index contributed by atoms with van der Waals surface area (Å²) in [5.41, 5.74) is 4.83. The molecule has 0 saturated carbocycles. The minimum Gasteiger partial charge on any atom is -0.374 e. The lowest BCUT2D eigenvalue weighted by molar-refractivity contribution is 0.111. The summed E-state index contributed by atoms with van der Waals surface area (Å²) in [7, 11) is 4.29. The van der Waals surface area contributed by atoms with Crippen LogP contribution in [0.1, 0.15) is 22.7 Å². The quantitative estimate of drug-likeness (QED) is 0.747. The number of rotatable bonds is 6. The van der Waals surface area contributed by atoms with E-state index in [0.717, 1.165) is 44.7 Å². The van der Waals surface area contributed by atoms with Crippen LogP contribution in [-0.4, -0.2) is 69.2 Å². The molecule has 4 rings (SSSR count). The van der Waals surface area contributed by atoms with E-state index in [9.17, 15) is 9.18 Å². The highest BCUT2D eigenvalue weighted by Gasteiger charge is 2.26. The molecule has 2 N–H and O–H groups in total. The number of benzene rings is 2. The Balaban J connectivity index is 1.41. The zero-order valence-corrected chi connectivity index (χ0v) is 18.4. The Labute approximate surface area is 184 Å². The second kappa shape index (κ2) is 9.66. The fourth-order valence-electron chi connectivity index (χ4n) is 4.42. The first-order valence-corrected chi connectivity index (χ1v) is 11.0. The lowest BCUT2D eigenvalue weighted by atomic mass is 10.00. The van der Waals surface area contributed by atoms with Gasteiger partial charge >= 0.3 is 6.03 Å². The summed E-state index contributed by atoms with van der Waals surface area (Å²) in [6, 6.07) is 12.9. The Morgan fingerprint density at radius 2 is 1.74 bits per heavy atom. The van der Waals surface area contributed by atoms with Gasteiger partial charge in [0, 0.05) is 58.5 Å². The molecule has 2 aliphatic heterocycles. The summed E-state index contributed by atoms with van der Waals surface area (Å²) in [5.74, 6) is -0.274. The smallest absolute Gasteiger partial charge is 0.315 e. The number of hydrogen-bond donors (Lipinski definition) is 2. The normalized spacial score (nSPS) is 18.0. The largest absolute Gasteiger partial charge is 0.374 e. The van der Waals surface area contributed by atoms with Gasteiger partial charge < -0.3 is 20.4 Å². The van der Waals surface area contributed by atoms with E-state index >= 15 is 0 Å². The molecule has 1 atom stereocenters. The number of fused-ring (bicyclic) bond motifs is 1. The van der Waals surface area contributed by atoms with Crippen LogP contribution in [0, 0.1) is 5.82 Å². The second-order valence-electron chi connectivity index (χ2n) is 8.60. The molecular formula is C24H32FN5O. The lowest BCUT2D eigenvalue weighted by Crippen LogP contribution is -2.49. The van der Waals surface area contributed by atoms with Gasteiger partial charge in [-0.05, 0) is 48.4 Å². The van der Waals surface area contributed by atoms with Crippen molar-refractivity contribution >= 4 is 11.7 Å².